The number of ether oxygens (including phenoxy) is 1. The molecule has 0 saturated heterocycles. The van der Waals surface area contributed by atoms with Crippen molar-refractivity contribution in [2.75, 3.05) is 0 Å². The molecule has 0 atom stereocenters. The molecule has 0 aliphatic rings. The van der Waals surface area contributed by atoms with Gasteiger partial charge in [-0.05, 0) is 24.6 Å². The number of carboxylic acids is 1. The van der Waals surface area contributed by atoms with Crippen molar-refractivity contribution < 1.29 is 14.6 Å². The van der Waals surface area contributed by atoms with Gasteiger partial charge >= 0.3 is 5.97 Å². The third kappa shape index (κ3) is 2.57. The van der Waals surface area contributed by atoms with Crippen LogP contribution in [0.5, 0.6) is 11.6 Å². The van der Waals surface area contributed by atoms with E-state index in [2.05, 4.69) is 10.2 Å². The Bertz CT molecular complexity index is 538. The first-order valence-corrected chi connectivity index (χ1v) is 4.97. The van der Waals surface area contributed by atoms with E-state index in [4.69, 9.17) is 9.84 Å². The summed E-state index contributed by atoms with van der Waals surface area (Å²) >= 11 is 0. The molecule has 0 amide bonds. The second-order valence-electron chi connectivity index (χ2n) is 3.43. The zero-order valence-corrected chi connectivity index (χ0v) is 9.12. The molecule has 1 aromatic heterocycles. The Morgan fingerprint density at radius 3 is 2.53 bits per heavy atom. The monoisotopic (exact) mass is 230 g/mol. The molecular formula is C12H10N2O3. The van der Waals surface area contributed by atoms with Gasteiger partial charge in [0.15, 0.2) is 5.69 Å². The number of aromatic carboxylic acids is 1. The summed E-state index contributed by atoms with van der Waals surface area (Å²) in [4.78, 5) is 10.6. The lowest BCUT2D eigenvalue weighted by Crippen LogP contribution is -2.02. The van der Waals surface area contributed by atoms with Gasteiger partial charge in [-0.1, -0.05) is 18.2 Å². The molecule has 1 aromatic carbocycles. The number of aryl methyl sites for hydroxylation is 1. The SMILES string of the molecule is Cc1ccccc1Oc1ccc(C(=O)O)nn1. The molecule has 0 fully saturated rings. The van der Waals surface area contributed by atoms with E-state index < -0.39 is 5.97 Å². The van der Waals surface area contributed by atoms with Gasteiger partial charge in [-0.3, -0.25) is 0 Å². The number of nitrogens with zero attached hydrogens (tertiary/aromatic N) is 2. The normalized spacial score (nSPS) is 9.94. The van der Waals surface area contributed by atoms with E-state index in [1.165, 1.54) is 12.1 Å². The molecule has 0 saturated carbocycles. The van der Waals surface area contributed by atoms with Crippen LogP contribution in [-0.2, 0) is 0 Å². The molecule has 5 nitrogen and oxygen atoms in total. The van der Waals surface area contributed by atoms with Crippen LogP contribution in [-0.4, -0.2) is 21.3 Å². The van der Waals surface area contributed by atoms with Crippen LogP contribution in [0.2, 0.25) is 0 Å². The molecular weight excluding hydrogens is 220 g/mol. The molecule has 0 radical (unpaired) electrons. The Hall–Kier alpha value is -2.43. The summed E-state index contributed by atoms with van der Waals surface area (Å²) in [6.07, 6.45) is 0. The number of aromatic nitrogens is 2. The number of rotatable bonds is 3. The highest BCUT2D eigenvalue weighted by Crippen LogP contribution is 2.22. The summed E-state index contributed by atoms with van der Waals surface area (Å²) in [5, 5.41) is 15.9. The quantitative estimate of drug-likeness (QED) is 0.875. The number of carbonyl (C=O) groups is 1. The summed E-state index contributed by atoms with van der Waals surface area (Å²) in [6, 6.07) is 10.3. The van der Waals surface area contributed by atoms with Crippen LogP contribution in [0, 0.1) is 6.92 Å². The van der Waals surface area contributed by atoms with Gasteiger partial charge in [-0.25, -0.2) is 4.79 Å². The summed E-state index contributed by atoms with van der Waals surface area (Å²) < 4.78 is 5.48. The second-order valence-corrected chi connectivity index (χ2v) is 3.43. The summed E-state index contributed by atoms with van der Waals surface area (Å²) in [6.45, 7) is 1.91. The minimum Gasteiger partial charge on any atom is -0.476 e. The molecule has 0 spiro atoms. The molecule has 1 heterocycles. The molecule has 17 heavy (non-hydrogen) atoms. The van der Waals surface area contributed by atoms with Crippen LogP contribution in [0.4, 0.5) is 0 Å². The summed E-state index contributed by atoms with van der Waals surface area (Å²) in [7, 11) is 0. The van der Waals surface area contributed by atoms with Crippen molar-refractivity contribution in [3.63, 3.8) is 0 Å². The maximum absolute atomic E-state index is 10.6. The number of benzene rings is 1. The molecule has 0 unspecified atom stereocenters. The van der Waals surface area contributed by atoms with Gasteiger partial charge < -0.3 is 9.84 Å². The number of para-hydroxylation sites is 1. The highest BCUT2D eigenvalue weighted by molar-refractivity contribution is 5.84. The van der Waals surface area contributed by atoms with Crippen LogP contribution in [0.3, 0.4) is 0 Å². The van der Waals surface area contributed by atoms with Gasteiger partial charge in [0.25, 0.3) is 0 Å². The Kier molecular flexibility index (Phi) is 3.00. The first-order chi connectivity index (χ1) is 8.16. The molecule has 5 heteroatoms. The van der Waals surface area contributed by atoms with E-state index in [0.29, 0.717) is 5.75 Å². The molecule has 86 valence electrons. The van der Waals surface area contributed by atoms with Crippen molar-refractivity contribution >= 4 is 5.97 Å². The topological polar surface area (TPSA) is 72.3 Å². The van der Waals surface area contributed by atoms with Crippen molar-refractivity contribution in [2.45, 2.75) is 6.92 Å². The fourth-order valence-electron chi connectivity index (χ4n) is 1.27. The van der Waals surface area contributed by atoms with Crippen LogP contribution in [0.1, 0.15) is 16.1 Å². The molecule has 1 N–H and O–H groups in total. The predicted octanol–water partition coefficient (Wildman–Crippen LogP) is 2.28. The fourth-order valence-corrected chi connectivity index (χ4v) is 1.27. The van der Waals surface area contributed by atoms with Crippen LogP contribution >= 0.6 is 0 Å². The molecule has 2 aromatic rings. The Balaban J connectivity index is 2.20. The largest absolute Gasteiger partial charge is 0.476 e. The third-order valence-electron chi connectivity index (χ3n) is 2.17. The smallest absolute Gasteiger partial charge is 0.356 e. The Labute approximate surface area is 97.7 Å². The molecule has 0 bridgehead atoms. The van der Waals surface area contributed by atoms with E-state index in [1.54, 1.807) is 0 Å². The van der Waals surface area contributed by atoms with Gasteiger partial charge in [-0.15, -0.1) is 10.2 Å². The van der Waals surface area contributed by atoms with E-state index in [1.807, 2.05) is 31.2 Å². The number of hydrogen-bond acceptors (Lipinski definition) is 4. The highest BCUT2D eigenvalue weighted by atomic mass is 16.5. The summed E-state index contributed by atoms with van der Waals surface area (Å²) in [5.74, 6) is -0.172. The van der Waals surface area contributed by atoms with Crippen molar-refractivity contribution in [3.8, 4) is 11.6 Å². The zero-order valence-electron chi connectivity index (χ0n) is 9.12. The van der Waals surface area contributed by atoms with Gasteiger partial charge in [-0.2, -0.15) is 0 Å². The van der Waals surface area contributed by atoms with E-state index in [9.17, 15) is 4.79 Å². The standard InChI is InChI=1S/C12H10N2O3/c1-8-4-2-3-5-10(8)17-11-7-6-9(12(15)16)13-14-11/h2-7H,1H3,(H,15,16). The minimum atomic E-state index is -1.11. The Morgan fingerprint density at radius 1 is 1.18 bits per heavy atom. The lowest BCUT2D eigenvalue weighted by Gasteiger charge is -2.06. The van der Waals surface area contributed by atoms with Crippen LogP contribution in [0.15, 0.2) is 36.4 Å². The predicted molar refractivity (Wildman–Crippen MR) is 60.2 cm³/mol. The van der Waals surface area contributed by atoms with Gasteiger partial charge in [0.05, 0.1) is 0 Å². The molecule has 2 rings (SSSR count). The van der Waals surface area contributed by atoms with Crippen molar-refractivity contribution in [3.05, 3.63) is 47.7 Å². The van der Waals surface area contributed by atoms with E-state index in [0.717, 1.165) is 5.56 Å². The first-order valence-electron chi connectivity index (χ1n) is 4.97. The van der Waals surface area contributed by atoms with Crippen LogP contribution in [0.25, 0.3) is 0 Å². The number of carboxylic acid groups (broad SMARTS) is 1. The average molecular weight is 230 g/mol. The minimum absolute atomic E-state index is 0.109. The zero-order chi connectivity index (χ0) is 12.3. The summed E-state index contributed by atoms with van der Waals surface area (Å²) in [5.41, 5.74) is 0.860. The van der Waals surface area contributed by atoms with Gasteiger partial charge in [0.2, 0.25) is 5.88 Å². The molecule has 0 aliphatic heterocycles. The van der Waals surface area contributed by atoms with Crippen molar-refractivity contribution in [1.29, 1.82) is 0 Å². The molecule has 0 aliphatic carbocycles. The van der Waals surface area contributed by atoms with E-state index >= 15 is 0 Å². The lowest BCUT2D eigenvalue weighted by molar-refractivity contribution is 0.0689. The van der Waals surface area contributed by atoms with Gasteiger partial charge in [0.1, 0.15) is 5.75 Å². The second kappa shape index (κ2) is 4.61. The maximum Gasteiger partial charge on any atom is 0.356 e. The third-order valence-corrected chi connectivity index (χ3v) is 2.17. The Morgan fingerprint density at radius 2 is 1.94 bits per heavy atom. The number of hydrogen-bond donors (Lipinski definition) is 1. The fraction of sp³-hybridized carbons (Fsp3) is 0.0833. The van der Waals surface area contributed by atoms with E-state index in [-0.39, 0.29) is 11.6 Å². The van der Waals surface area contributed by atoms with Crippen molar-refractivity contribution in [2.24, 2.45) is 0 Å². The first kappa shape index (κ1) is 11.1. The van der Waals surface area contributed by atoms with Crippen molar-refractivity contribution in [1.82, 2.24) is 10.2 Å². The lowest BCUT2D eigenvalue weighted by atomic mass is 10.2. The average Bonchev–Trinajstić information content (AvgIpc) is 2.33. The highest BCUT2D eigenvalue weighted by Gasteiger charge is 2.06. The van der Waals surface area contributed by atoms with Crippen LogP contribution < -0.4 is 4.74 Å². The maximum atomic E-state index is 10.6. The van der Waals surface area contributed by atoms with Gasteiger partial charge in [0, 0.05) is 6.07 Å².